The van der Waals surface area contributed by atoms with E-state index >= 15 is 0 Å². The second kappa shape index (κ2) is 4.73. The SMILES string of the molecule is C=CCn1ccn(-c2ccc3c(c2)OCO3)c(=O)c1=O. The zero-order valence-corrected chi connectivity index (χ0v) is 10.6. The molecule has 1 aliphatic rings. The van der Waals surface area contributed by atoms with Crippen molar-refractivity contribution in [3.63, 3.8) is 0 Å². The Morgan fingerprint density at radius 3 is 2.75 bits per heavy atom. The molecule has 1 aliphatic heterocycles. The maximum Gasteiger partial charge on any atom is 0.320 e. The third kappa shape index (κ3) is 1.91. The Morgan fingerprint density at radius 1 is 1.15 bits per heavy atom. The summed E-state index contributed by atoms with van der Waals surface area (Å²) in [4.78, 5) is 24.0. The normalized spacial score (nSPS) is 12.4. The molecule has 0 unspecified atom stereocenters. The van der Waals surface area contributed by atoms with E-state index in [0.717, 1.165) is 0 Å². The molecular weight excluding hydrogens is 260 g/mol. The van der Waals surface area contributed by atoms with Gasteiger partial charge in [-0.15, -0.1) is 6.58 Å². The standard InChI is InChI=1S/C14H12N2O4/c1-2-5-15-6-7-16(14(18)13(15)17)10-3-4-11-12(8-10)20-9-19-11/h2-4,6-8H,1,5,9H2. The van der Waals surface area contributed by atoms with Gasteiger partial charge in [-0.1, -0.05) is 6.08 Å². The number of allylic oxidation sites excluding steroid dienone is 1. The van der Waals surface area contributed by atoms with E-state index in [0.29, 0.717) is 23.7 Å². The number of hydrogen-bond donors (Lipinski definition) is 0. The van der Waals surface area contributed by atoms with Crippen LogP contribution in [0.1, 0.15) is 0 Å². The van der Waals surface area contributed by atoms with Gasteiger partial charge in [-0.05, 0) is 12.1 Å². The predicted molar refractivity (Wildman–Crippen MR) is 72.6 cm³/mol. The summed E-state index contributed by atoms with van der Waals surface area (Å²) < 4.78 is 13.1. The molecule has 20 heavy (non-hydrogen) atoms. The van der Waals surface area contributed by atoms with Crippen LogP contribution in [0.25, 0.3) is 5.69 Å². The summed E-state index contributed by atoms with van der Waals surface area (Å²) in [5.74, 6) is 1.19. The first-order chi connectivity index (χ1) is 9.70. The van der Waals surface area contributed by atoms with Crippen LogP contribution in [0, 0.1) is 0 Å². The van der Waals surface area contributed by atoms with Crippen molar-refractivity contribution >= 4 is 0 Å². The summed E-state index contributed by atoms with van der Waals surface area (Å²) in [6, 6.07) is 5.08. The van der Waals surface area contributed by atoms with Gasteiger partial charge in [-0.3, -0.25) is 14.2 Å². The number of rotatable bonds is 3. The molecule has 0 aliphatic carbocycles. The molecule has 0 amide bonds. The van der Waals surface area contributed by atoms with Gasteiger partial charge in [-0.25, -0.2) is 0 Å². The molecule has 0 saturated heterocycles. The Balaban J connectivity index is 2.11. The fourth-order valence-electron chi connectivity index (χ4n) is 2.03. The Labute approximate surface area is 114 Å². The lowest BCUT2D eigenvalue weighted by Crippen LogP contribution is -2.39. The molecule has 0 spiro atoms. The van der Waals surface area contributed by atoms with E-state index in [4.69, 9.17) is 9.47 Å². The van der Waals surface area contributed by atoms with Crippen LogP contribution in [0.5, 0.6) is 11.5 Å². The maximum atomic E-state index is 12.1. The summed E-state index contributed by atoms with van der Waals surface area (Å²) in [6.45, 7) is 4.01. The average molecular weight is 272 g/mol. The van der Waals surface area contributed by atoms with Crippen molar-refractivity contribution in [2.24, 2.45) is 0 Å². The minimum atomic E-state index is -0.617. The van der Waals surface area contributed by atoms with Gasteiger partial charge >= 0.3 is 11.1 Å². The van der Waals surface area contributed by atoms with Crippen molar-refractivity contribution in [3.05, 3.63) is 64.0 Å². The first-order valence-electron chi connectivity index (χ1n) is 6.04. The molecule has 1 aromatic heterocycles. The van der Waals surface area contributed by atoms with Crippen LogP contribution in [0.3, 0.4) is 0 Å². The fourth-order valence-corrected chi connectivity index (χ4v) is 2.03. The molecule has 0 fully saturated rings. The average Bonchev–Trinajstić information content (AvgIpc) is 2.91. The van der Waals surface area contributed by atoms with Gasteiger partial charge in [-0.2, -0.15) is 0 Å². The molecule has 6 nitrogen and oxygen atoms in total. The minimum Gasteiger partial charge on any atom is -0.454 e. The van der Waals surface area contributed by atoms with E-state index in [1.54, 1.807) is 36.7 Å². The van der Waals surface area contributed by atoms with Crippen molar-refractivity contribution in [2.75, 3.05) is 6.79 Å². The highest BCUT2D eigenvalue weighted by molar-refractivity contribution is 5.49. The predicted octanol–water partition coefficient (Wildman–Crippen LogP) is 0.914. The lowest BCUT2D eigenvalue weighted by molar-refractivity contribution is 0.174. The van der Waals surface area contributed by atoms with Crippen LogP contribution in [0.2, 0.25) is 0 Å². The van der Waals surface area contributed by atoms with Gasteiger partial charge in [0, 0.05) is 25.0 Å². The Kier molecular flexibility index (Phi) is 2.90. The number of nitrogens with zero attached hydrogens (tertiary/aromatic N) is 2. The van der Waals surface area contributed by atoms with Crippen molar-refractivity contribution < 1.29 is 9.47 Å². The molecular formula is C14H12N2O4. The minimum absolute atomic E-state index is 0.161. The Morgan fingerprint density at radius 2 is 1.95 bits per heavy atom. The third-order valence-corrected chi connectivity index (χ3v) is 3.02. The number of benzene rings is 1. The summed E-state index contributed by atoms with van der Waals surface area (Å²) >= 11 is 0. The van der Waals surface area contributed by atoms with Crippen molar-refractivity contribution in [3.8, 4) is 17.2 Å². The van der Waals surface area contributed by atoms with E-state index in [1.807, 2.05) is 0 Å². The number of fused-ring (bicyclic) bond motifs is 1. The van der Waals surface area contributed by atoms with Gasteiger partial charge in [0.25, 0.3) is 0 Å². The van der Waals surface area contributed by atoms with Crippen LogP contribution in [0.15, 0.2) is 52.8 Å². The van der Waals surface area contributed by atoms with Gasteiger partial charge in [0.05, 0.1) is 5.69 Å². The number of aromatic nitrogens is 2. The quantitative estimate of drug-likeness (QED) is 0.615. The van der Waals surface area contributed by atoms with Gasteiger partial charge in [0.1, 0.15) is 0 Å². The van der Waals surface area contributed by atoms with Crippen molar-refractivity contribution in [2.45, 2.75) is 6.54 Å². The monoisotopic (exact) mass is 272 g/mol. The van der Waals surface area contributed by atoms with Crippen LogP contribution < -0.4 is 20.6 Å². The van der Waals surface area contributed by atoms with Crippen LogP contribution in [-0.4, -0.2) is 15.9 Å². The number of ether oxygens (including phenoxy) is 2. The van der Waals surface area contributed by atoms with Crippen LogP contribution in [0.4, 0.5) is 0 Å². The van der Waals surface area contributed by atoms with Gasteiger partial charge < -0.3 is 14.0 Å². The molecule has 1 aromatic carbocycles. The number of hydrogen-bond acceptors (Lipinski definition) is 4. The first-order valence-corrected chi connectivity index (χ1v) is 6.04. The highest BCUT2D eigenvalue weighted by Crippen LogP contribution is 2.33. The molecule has 3 rings (SSSR count). The Hall–Kier alpha value is -2.76. The van der Waals surface area contributed by atoms with Crippen molar-refractivity contribution in [1.82, 2.24) is 9.13 Å². The topological polar surface area (TPSA) is 62.5 Å². The van der Waals surface area contributed by atoms with Crippen LogP contribution in [-0.2, 0) is 6.54 Å². The second-order valence-electron chi connectivity index (χ2n) is 4.26. The molecule has 6 heteroatoms. The smallest absolute Gasteiger partial charge is 0.320 e. The summed E-state index contributed by atoms with van der Waals surface area (Å²) in [5.41, 5.74) is -0.652. The molecule has 0 saturated carbocycles. The molecule has 0 atom stereocenters. The van der Waals surface area contributed by atoms with Gasteiger partial charge in [0.2, 0.25) is 6.79 Å². The molecule has 2 heterocycles. The lowest BCUT2D eigenvalue weighted by Gasteiger charge is -2.08. The zero-order chi connectivity index (χ0) is 14.1. The highest BCUT2D eigenvalue weighted by Gasteiger charge is 2.15. The highest BCUT2D eigenvalue weighted by atomic mass is 16.7. The van der Waals surface area contributed by atoms with Crippen LogP contribution >= 0.6 is 0 Å². The van der Waals surface area contributed by atoms with Crippen molar-refractivity contribution in [1.29, 1.82) is 0 Å². The lowest BCUT2D eigenvalue weighted by atomic mass is 10.2. The molecule has 0 bridgehead atoms. The second-order valence-corrected chi connectivity index (χ2v) is 4.26. The summed E-state index contributed by atoms with van der Waals surface area (Å²) in [6.07, 6.45) is 4.66. The van der Waals surface area contributed by atoms with E-state index in [-0.39, 0.29) is 6.79 Å². The zero-order valence-electron chi connectivity index (χ0n) is 10.6. The first kappa shape index (κ1) is 12.3. The Bertz CT molecular complexity index is 788. The van der Waals surface area contributed by atoms with E-state index < -0.39 is 11.1 Å². The molecule has 0 radical (unpaired) electrons. The summed E-state index contributed by atoms with van der Waals surface area (Å²) in [5, 5.41) is 0. The maximum absolute atomic E-state index is 12.1. The van der Waals surface area contributed by atoms with E-state index in [1.165, 1.54) is 9.13 Å². The largest absolute Gasteiger partial charge is 0.454 e. The van der Waals surface area contributed by atoms with E-state index in [2.05, 4.69) is 6.58 Å². The van der Waals surface area contributed by atoms with E-state index in [9.17, 15) is 9.59 Å². The third-order valence-electron chi connectivity index (χ3n) is 3.02. The molecule has 0 N–H and O–H groups in total. The summed E-state index contributed by atoms with van der Waals surface area (Å²) in [7, 11) is 0. The fraction of sp³-hybridized carbons (Fsp3) is 0.143. The molecule has 2 aromatic rings. The van der Waals surface area contributed by atoms with Gasteiger partial charge in [0.15, 0.2) is 11.5 Å². The molecule has 102 valence electrons.